The summed E-state index contributed by atoms with van der Waals surface area (Å²) in [5.74, 6) is 1.23. The maximum absolute atomic E-state index is 10.4. The molecular weight excluding hydrogens is 188 g/mol. The largest absolute Gasteiger partial charge is 0.493 e. The van der Waals surface area contributed by atoms with E-state index < -0.39 is 5.60 Å². The first-order valence-corrected chi connectivity index (χ1v) is 5.67. The fourth-order valence-corrected chi connectivity index (χ4v) is 2.23. The number of ether oxygens (including phenoxy) is 1. The molecule has 2 atom stereocenters. The minimum Gasteiger partial charge on any atom is -0.493 e. The van der Waals surface area contributed by atoms with Crippen molar-refractivity contribution in [1.29, 1.82) is 0 Å². The van der Waals surface area contributed by atoms with Crippen LogP contribution < -0.4 is 4.74 Å². The number of hydrogen-bond acceptors (Lipinski definition) is 2. The summed E-state index contributed by atoms with van der Waals surface area (Å²) in [5.41, 5.74) is 0.333. The van der Waals surface area contributed by atoms with Gasteiger partial charge in [-0.1, -0.05) is 31.5 Å². The van der Waals surface area contributed by atoms with Gasteiger partial charge < -0.3 is 9.84 Å². The molecule has 1 N–H and O–H groups in total. The molecule has 1 aromatic carbocycles. The molecule has 0 spiro atoms. The van der Waals surface area contributed by atoms with E-state index in [0.717, 1.165) is 24.2 Å². The van der Waals surface area contributed by atoms with Gasteiger partial charge in [-0.25, -0.2) is 0 Å². The third-order valence-corrected chi connectivity index (χ3v) is 3.22. The zero-order valence-electron chi connectivity index (χ0n) is 9.36. The van der Waals surface area contributed by atoms with Crippen LogP contribution in [-0.2, 0) is 5.60 Å². The van der Waals surface area contributed by atoms with E-state index in [4.69, 9.17) is 4.74 Å². The highest BCUT2D eigenvalue weighted by molar-refractivity contribution is 5.42. The smallest absolute Gasteiger partial charge is 0.125 e. The van der Waals surface area contributed by atoms with E-state index in [2.05, 4.69) is 6.92 Å². The lowest BCUT2D eigenvalue weighted by molar-refractivity contribution is 0.125. The summed E-state index contributed by atoms with van der Waals surface area (Å²) in [6, 6.07) is 7.81. The lowest BCUT2D eigenvalue weighted by atomic mass is 10.0. The van der Waals surface area contributed by atoms with Crippen LogP contribution in [-0.4, -0.2) is 11.7 Å². The summed E-state index contributed by atoms with van der Waals surface area (Å²) in [6.45, 7) is 4.72. The van der Waals surface area contributed by atoms with Crippen LogP contribution in [0.4, 0.5) is 0 Å². The van der Waals surface area contributed by atoms with E-state index in [0.29, 0.717) is 12.5 Å². The maximum atomic E-state index is 10.4. The Kier molecular flexibility index (Phi) is 2.70. The molecule has 15 heavy (non-hydrogen) atoms. The van der Waals surface area contributed by atoms with Gasteiger partial charge in [0.1, 0.15) is 5.75 Å². The molecule has 0 bridgehead atoms. The Balaban J connectivity index is 2.28. The summed E-state index contributed by atoms with van der Waals surface area (Å²) < 4.78 is 5.54. The molecule has 1 aromatic rings. The van der Waals surface area contributed by atoms with E-state index in [1.165, 1.54) is 0 Å². The minimum absolute atomic E-state index is 0.402. The first-order chi connectivity index (χ1) is 7.22. The third kappa shape index (κ3) is 1.74. The molecule has 0 heterocycles. The number of hydrogen-bond donors (Lipinski definition) is 1. The highest BCUT2D eigenvalue weighted by Gasteiger charge is 2.54. The van der Waals surface area contributed by atoms with Crippen molar-refractivity contribution in [1.82, 2.24) is 0 Å². The monoisotopic (exact) mass is 206 g/mol. The van der Waals surface area contributed by atoms with Crippen molar-refractivity contribution >= 4 is 0 Å². The predicted octanol–water partition coefficient (Wildman–Crippen LogP) is 2.70. The van der Waals surface area contributed by atoms with Crippen molar-refractivity contribution < 1.29 is 9.84 Å². The normalized spacial score (nSPS) is 28.9. The molecule has 2 nitrogen and oxygen atoms in total. The van der Waals surface area contributed by atoms with E-state index in [9.17, 15) is 5.11 Å². The Morgan fingerprint density at radius 2 is 2.13 bits per heavy atom. The molecule has 1 fully saturated rings. The van der Waals surface area contributed by atoms with Crippen LogP contribution in [0, 0.1) is 5.92 Å². The van der Waals surface area contributed by atoms with Crippen molar-refractivity contribution in [3.8, 4) is 5.75 Å². The molecule has 1 saturated carbocycles. The molecule has 82 valence electrons. The highest BCUT2D eigenvalue weighted by atomic mass is 16.5. The van der Waals surface area contributed by atoms with Gasteiger partial charge in [-0.2, -0.15) is 0 Å². The Bertz CT molecular complexity index is 348. The zero-order valence-corrected chi connectivity index (χ0v) is 9.36. The van der Waals surface area contributed by atoms with Crippen molar-refractivity contribution in [2.45, 2.75) is 32.3 Å². The van der Waals surface area contributed by atoms with Crippen LogP contribution in [0.2, 0.25) is 0 Å². The maximum Gasteiger partial charge on any atom is 0.125 e. The fourth-order valence-electron chi connectivity index (χ4n) is 2.23. The van der Waals surface area contributed by atoms with Crippen LogP contribution in [0.15, 0.2) is 24.3 Å². The van der Waals surface area contributed by atoms with E-state index in [1.54, 1.807) is 0 Å². The molecule has 2 rings (SSSR count). The molecule has 0 radical (unpaired) electrons. The van der Waals surface area contributed by atoms with Gasteiger partial charge in [0, 0.05) is 5.56 Å². The fraction of sp³-hybridized carbons (Fsp3) is 0.538. The van der Waals surface area contributed by atoms with Gasteiger partial charge >= 0.3 is 0 Å². The summed E-state index contributed by atoms with van der Waals surface area (Å²) in [5, 5.41) is 10.4. The summed E-state index contributed by atoms with van der Waals surface area (Å²) >= 11 is 0. The molecule has 0 aliphatic heterocycles. The average molecular weight is 206 g/mol. The lowest BCUT2D eigenvalue weighted by Crippen LogP contribution is -2.11. The highest BCUT2D eigenvalue weighted by Crippen LogP contribution is 2.55. The molecule has 0 saturated heterocycles. The summed E-state index contributed by atoms with van der Waals surface area (Å²) in [6.07, 6.45) is 1.89. The average Bonchev–Trinajstić information content (AvgIpc) is 2.92. The van der Waals surface area contributed by atoms with Crippen molar-refractivity contribution in [2.24, 2.45) is 5.92 Å². The van der Waals surface area contributed by atoms with Gasteiger partial charge in [0.2, 0.25) is 0 Å². The van der Waals surface area contributed by atoms with Crippen molar-refractivity contribution in [3.63, 3.8) is 0 Å². The van der Waals surface area contributed by atoms with E-state index in [-0.39, 0.29) is 0 Å². The molecule has 2 heteroatoms. The third-order valence-electron chi connectivity index (χ3n) is 3.22. The number of benzene rings is 1. The molecule has 0 amide bonds. The minimum atomic E-state index is -0.624. The van der Waals surface area contributed by atoms with Crippen LogP contribution in [0.3, 0.4) is 0 Å². The van der Waals surface area contributed by atoms with E-state index in [1.807, 2.05) is 31.2 Å². The standard InChI is InChI=1S/C13H18O2/c1-3-10-9-13(10,14)11-7-5-6-8-12(11)15-4-2/h5-8,10,14H,3-4,9H2,1-2H3. The number of rotatable bonds is 4. The first-order valence-electron chi connectivity index (χ1n) is 5.67. The van der Waals surface area contributed by atoms with Crippen molar-refractivity contribution in [3.05, 3.63) is 29.8 Å². The predicted molar refractivity (Wildman–Crippen MR) is 59.9 cm³/mol. The van der Waals surface area contributed by atoms with Crippen molar-refractivity contribution in [2.75, 3.05) is 6.61 Å². The van der Waals surface area contributed by atoms with Gasteiger partial charge in [0.25, 0.3) is 0 Å². The number of para-hydroxylation sites is 1. The molecule has 0 aromatic heterocycles. The quantitative estimate of drug-likeness (QED) is 0.820. The summed E-state index contributed by atoms with van der Waals surface area (Å²) in [7, 11) is 0. The van der Waals surface area contributed by atoms with Gasteiger partial charge in [-0.3, -0.25) is 0 Å². The molecule has 2 unspecified atom stereocenters. The van der Waals surface area contributed by atoms with Crippen LogP contribution >= 0.6 is 0 Å². The zero-order chi connectivity index (χ0) is 10.9. The molecule has 1 aliphatic rings. The molecule has 1 aliphatic carbocycles. The van der Waals surface area contributed by atoms with Crippen LogP contribution in [0.25, 0.3) is 0 Å². The Labute approximate surface area is 90.9 Å². The van der Waals surface area contributed by atoms with Crippen LogP contribution in [0.1, 0.15) is 32.3 Å². The van der Waals surface area contributed by atoms with Gasteiger partial charge in [0.05, 0.1) is 12.2 Å². The first kappa shape index (κ1) is 10.5. The summed E-state index contributed by atoms with van der Waals surface area (Å²) in [4.78, 5) is 0. The Morgan fingerprint density at radius 3 is 2.73 bits per heavy atom. The van der Waals surface area contributed by atoms with E-state index >= 15 is 0 Å². The van der Waals surface area contributed by atoms with Crippen LogP contribution in [0.5, 0.6) is 5.75 Å². The number of aliphatic hydroxyl groups is 1. The van der Waals surface area contributed by atoms with Gasteiger partial charge in [-0.05, 0) is 25.3 Å². The second-order valence-electron chi connectivity index (χ2n) is 4.16. The molecular formula is C13H18O2. The second kappa shape index (κ2) is 3.86. The Morgan fingerprint density at radius 1 is 1.40 bits per heavy atom. The van der Waals surface area contributed by atoms with Gasteiger partial charge in [-0.15, -0.1) is 0 Å². The second-order valence-corrected chi connectivity index (χ2v) is 4.16. The Hall–Kier alpha value is -1.02. The van der Waals surface area contributed by atoms with Gasteiger partial charge in [0.15, 0.2) is 0 Å². The topological polar surface area (TPSA) is 29.5 Å². The SMILES string of the molecule is CCOc1ccccc1C1(O)CC1CC. The lowest BCUT2D eigenvalue weighted by Gasteiger charge is -2.15.